The number of carbonyl (C=O) groups excluding carboxylic acids is 2. The molecule has 1 N–H and O–H groups in total. The van der Waals surface area contributed by atoms with Crippen molar-refractivity contribution >= 4 is 23.2 Å². The monoisotopic (exact) mass is 418 g/mol. The van der Waals surface area contributed by atoms with Crippen molar-refractivity contribution in [3.8, 4) is 17.2 Å². The molecule has 158 valence electrons. The van der Waals surface area contributed by atoms with E-state index in [1.165, 1.54) is 14.2 Å². The summed E-state index contributed by atoms with van der Waals surface area (Å²) in [5.41, 5.74) is 2.78. The molecule has 0 saturated carbocycles. The Morgan fingerprint density at radius 1 is 0.871 bits per heavy atom. The summed E-state index contributed by atoms with van der Waals surface area (Å²) in [6.07, 6.45) is 0. The highest BCUT2D eigenvalue weighted by Gasteiger charge is 2.32. The van der Waals surface area contributed by atoms with Crippen molar-refractivity contribution in [1.82, 2.24) is 0 Å². The maximum Gasteiger partial charge on any atom is 0.259 e. The first-order valence-electron chi connectivity index (χ1n) is 9.66. The summed E-state index contributed by atoms with van der Waals surface area (Å²) in [5.74, 6) is 1.22. The highest BCUT2D eigenvalue weighted by molar-refractivity contribution is 6.18. The van der Waals surface area contributed by atoms with E-state index in [4.69, 9.17) is 14.2 Å². The van der Waals surface area contributed by atoms with Crippen molar-refractivity contribution < 1.29 is 23.8 Å². The smallest absolute Gasteiger partial charge is 0.259 e. The number of carbonyl (C=O) groups is 2. The van der Waals surface area contributed by atoms with E-state index in [0.717, 1.165) is 11.3 Å². The summed E-state index contributed by atoms with van der Waals surface area (Å²) in [5, 5.41) is 2.84. The molecule has 0 bridgehead atoms. The van der Waals surface area contributed by atoms with E-state index in [-0.39, 0.29) is 11.8 Å². The van der Waals surface area contributed by atoms with Gasteiger partial charge in [-0.25, -0.2) is 0 Å². The minimum atomic E-state index is -0.378. The van der Waals surface area contributed by atoms with Crippen LogP contribution < -0.4 is 24.4 Å². The first-order valence-corrected chi connectivity index (χ1v) is 9.66. The Bertz CT molecular complexity index is 1120. The third kappa shape index (κ3) is 3.90. The molecule has 1 aliphatic heterocycles. The first-order chi connectivity index (χ1) is 15.0. The van der Waals surface area contributed by atoms with Gasteiger partial charge in [0, 0.05) is 29.6 Å². The number of rotatable bonds is 6. The van der Waals surface area contributed by atoms with E-state index < -0.39 is 0 Å². The summed E-state index contributed by atoms with van der Waals surface area (Å²) in [7, 11) is 4.67. The van der Waals surface area contributed by atoms with Crippen LogP contribution in [0.2, 0.25) is 0 Å². The highest BCUT2D eigenvalue weighted by atomic mass is 16.5. The summed E-state index contributed by atoms with van der Waals surface area (Å²) in [6, 6.07) is 17.6. The molecule has 0 saturated heterocycles. The molecule has 3 aromatic rings. The van der Waals surface area contributed by atoms with Crippen LogP contribution in [0.5, 0.6) is 17.2 Å². The SMILES string of the molecule is COc1ccc(N2Cc3cccc(C(=O)Nc4cc(OC)cc(OC)c4)c3C2=O)cc1. The van der Waals surface area contributed by atoms with Crippen LogP contribution in [0.25, 0.3) is 0 Å². The number of nitrogens with one attached hydrogen (secondary N) is 1. The van der Waals surface area contributed by atoms with Crippen LogP contribution in [-0.4, -0.2) is 33.1 Å². The van der Waals surface area contributed by atoms with Crippen molar-refractivity contribution in [2.75, 3.05) is 31.5 Å². The molecule has 0 fully saturated rings. The quantitative estimate of drug-likeness (QED) is 0.652. The molecule has 1 heterocycles. The van der Waals surface area contributed by atoms with Gasteiger partial charge >= 0.3 is 0 Å². The molecule has 0 unspecified atom stereocenters. The first kappa shape index (κ1) is 20.3. The van der Waals surface area contributed by atoms with E-state index in [1.807, 2.05) is 18.2 Å². The van der Waals surface area contributed by atoms with Gasteiger partial charge in [0.2, 0.25) is 0 Å². The molecule has 0 aliphatic carbocycles. The summed E-state index contributed by atoms with van der Waals surface area (Å²) >= 11 is 0. The molecular formula is C24H22N2O5. The molecule has 0 atom stereocenters. The third-order valence-electron chi connectivity index (χ3n) is 5.18. The van der Waals surface area contributed by atoms with Crippen molar-refractivity contribution in [3.63, 3.8) is 0 Å². The molecule has 0 radical (unpaired) electrons. The number of hydrogen-bond donors (Lipinski definition) is 1. The Hall–Kier alpha value is -4.00. The number of ether oxygens (including phenoxy) is 3. The van der Waals surface area contributed by atoms with Crippen LogP contribution in [0, 0.1) is 0 Å². The van der Waals surface area contributed by atoms with Crippen LogP contribution in [-0.2, 0) is 6.54 Å². The number of fused-ring (bicyclic) bond motifs is 1. The Labute approximate surface area is 180 Å². The number of nitrogens with zero attached hydrogens (tertiary/aromatic N) is 1. The average molecular weight is 418 g/mol. The van der Waals surface area contributed by atoms with Crippen LogP contribution in [0.4, 0.5) is 11.4 Å². The van der Waals surface area contributed by atoms with Gasteiger partial charge in [0.25, 0.3) is 11.8 Å². The van der Waals surface area contributed by atoms with E-state index in [0.29, 0.717) is 40.6 Å². The second-order valence-corrected chi connectivity index (χ2v) is 6.98. The Morgan fingerprint density at radius 2 is 1.52 bits per heavy atom. The molecule has 0 spiro atoms. The molecule has 3 aromatic carbocycles. The maximum absolute atomic E-state index is 13.2. The summed E-state index contributed by atoms with van der Waals surface area (Å²) in [6.45, 7) is 0.397. The summed E-state index contributed by atoms with van der Waals surface area (Å²) in [4.78, 5) is 27.9. The predicted molar refractivity (Wildman–Crippen MR) is 117 cm³/mol. The van der Waals surface area contributed by atoms with Crippen molar-refractivity contribution in [2.24, 2.45) is 0 Å². The van der Waals surface area contributed by atoms with Gasteiger partial charge in [0.15, 0.2) is 0 Å². The van der Waals surface area contributed by atoms with Crippen molar-refractivity contribution in [2.45, 2.75) is 6.54 Å². The number of anilines is 2. The average Bonchev–Trinajstić information content (AvgIpc) is 3.15. The number of amides is 2. The van der Waals surface area contributed by atoms with Gasteiger partial charge in [-0.05, 0) is 35.9 Å². The lowest BCUT2D eigenvalue weighted by molar-refractivity contribution is 0.0976. The van der Waals surface area contributed by atoms with Crippen LogP contribution >= 0.6 is 0 Å². The fourth-order valence-corrected chi connectivity index (χ4v) is 3.60. The van der Waals surface area contributed by atoms with E-state index >= 15 is 0 Å². The number of hydrogen-bond acceptors (Lipinski definition) is 5. The normalized spacial score (nSPS) is 12.4. The third-order valence-corrected chi connectivity index (χ3v) is 5.18. The largest absolute Gasteiger partial charge is 0.497 e. The van der Waals surface area contributed by atoms with E-state index in [9.17, 15) is 9.59 Å². The lowest BCUT2D eigenvalue weighted by Crippen LogP contribution is -2.24. The molecule has 7 heteroatoms. The maximum atomic E-state index is 13.2. The molecule has 1 aliphatic rings. The lowest BCUT2D eigenvalue weighted by Gasteiger charge is -2.16. The van der Waals surface area contributed by atoms with Gasteiger partial charge in [-0.1, -0.05) is 12.1 Å². The van der Waals surface area contributed by atoms with Gasteiger partial charge in [-0.3, -0.25) is 9.59 Å². The molecule has 4 rings (SSSR count). The topological polar surface area (TPSA) is 77.1 Å². The fraction of sp³-hybridized carbons (Fsp3) is 0.167. The minimum absolute atomic E-state index is 0.214. The zero-order valence-corrected chi connectivity index (χ0v) is 17.5. The summed E-state index contributed by atoms with van der Waals surface area (Å²) < 4.78 is 15.7. The predicted octanol–water partition coefficient (Wildman–Crippen LogP) is 4.13. The van der Waals surface area contributed by atoms with Crippen LogP contribution in [0.1, 0.15) is 26.3 Å². The van der Waals surface area contributed by atoms with Crippen LogP contribution in [0.3, 0.4) is 0 Å². The molecular weight excluding hydrogens is 396 g/mol. The minimum Gasteiger partial charge on any atom is -0.497 e. The lowest BCUT2D eigenvalue weighted by atomic mass is 10.0. The molecule has 31 heavy (non-hydrogen) atoms. The Kier molecular flexibility index (Phi) is 5.49. The van der Waals surface area contributed by atoms with Gasteiger partial charge in [0.1, 0.15) is 17.2 Å². The number of benzene rings is 3. The standard InChI is InChI=1S/C24H22N2O5/c1-29-18-9-7-17(8-10-18)26-14-15-5-4-6-21(22(15)24(26)28)23(27)25-16-11-19(30-2)13-20(12-16)31-3/h4-13H,14H2,1-3H3,(H,25,27). The van der Waals surface area contributed by atoms with E-state index in [1.54, 1.807) is 54.5 Å². The highest BCUT2D eigenvalue weighted by Crippen LogP contribution is 2.32. The second kappa shape index (κ2) is 8.39. The van der Waals surface area contributed by atoms with Gasteiger partial charge in [-0.15, -0.1) is 0 Å². The fourth-order valence-electron chi connectivity index (χ4n) is 3.60. The van der Waals surface area contributed by atoms with Crippen molar-refractivity contribution in [1.29, 1.82) is 0 Å². The second-order valence-electron chi connectivity index (χ2n) is 6.98. The van der Waals surface area contributed by atoms with Crippen molar-refractivity contribution in [3.05, 3.63) is 77.4 Å². The molecule has 7 nitrogen and oxygen atoms in total. The van der Waals surface area contributed by atoms with Crippen LogP contribution in [0.15, 0.2) is 60.7 Å². The Balaban J connectivity index is 1.62. The zero-order valence-electron chi connectivity index (χ0n) is 17.5. The van der Waals surface area contributed by atoms with Gasteiger partial charge in [0.05, 0.1) is 39.0 Å². The van der Waals surface area contributed by atoms with Gasteiger partial charge < -0.3 is 24.4 Å². The van der Waals surface area contributed by atoms with Gasteiger partial charge in [-0.2, -0.15) is 0 Å². The number of methoxy groups -OCH3 is 3. The zero-order chi connectivity index (χ0) is 22.0. The molecule has 0 aromatic heterocycles. The Morgan fingerprint density at radius 3 is 2.13 bits per heavy atom. The van der Waals surface area contributed by atoms with E-state index in [2.05, 4.69) is 5.32 Å². The molecule has 2 amide bonds.